The van der Waals surface area contributed by atoms with Crippen molar-refractivity contribution in [3.8, 4) is 0 Å². The summed E-state index contributed by atoms with van der Waals surface area (Å²) in [7, 11) is -2.25. The number of rotatable bonds is 7. The van der Waals surface area contributed by atoms with Crippen LogP contribution in [0.4, 0.5) is 19.0 Å². The van der Waals surface area contributed by atoms with Crippen molar-refractivity contribution in [3.05, 3.63) is 17.3 Å². The first-order valence-corrected chi connectivity index (χ1v) is 7.91. The smallest absolute Gasteiger partial charge is 0.372 e. The van der Waals surface area contributed by atoms with Crippen LogP contribution in [0.3, 0.4) is 0 Å². The van der Waals surface area contributed by atoms with Gasteiger partial charge in [0.15, 0.2) is 0 Å². The van der Waals surface area contributed by atoms with Gasteiger partial charge in [-0.05, 0) is 18.9 Å². The standard InChI is InChI=1S/C11H15ClF3N3O2S/c1-16-10-9(12)6-8(7-17-10)21(19,20)18-5-3-2-4-11(13,14)15/h6-7,18H,2-5H2,1H3,(H,16,17). The summed E-state index contributed by atoms with van der Waals surface area (Å²) < 4.78 is 61.8. The zero-order valence-corrected chi connectivity index (χ0v) is 12.7. The minimum atomic E-state index is -4.22. The Labute approximate surface area is 126 Å². The van der Waals surface area contributed by atoms with Crippen molar-refractivity contribution in [1.29, 1.82) is 0 Å². The Bertz CT molecular complexity index is 579. The van der Waals surface area contributed by atoms with Crippen LogP contribution < -0.4 is 10.0 Å². The summed E-state index contributed by atoms with van der Waals surface area (Å²) in [5, 5.41) is 2.82. The molecule has 1 heterocycles. The van der Waals surface area contributed by atoms with Gasteiger partial charge in [-0.25, -0.2) is 18.1 Å². The fourth-order valence-electron chi connectivity index (χ4n) is 1.49. The molecule has 0 radical (unpaired) electrons. The lowest BCUT2D eigenvalue weighted by Gasteiger charge is -2.09. The van der Waals surface area contributed by atoms with Crippen molar-refractivity contribution >= 4 is 27.4 Å². The molecule has 1 aromatic rings. The van der Waals surface area contributed by atoms with Crippen LogP contribution in [0.15, 0.2) is 17.2 Å². The van der Waals surface area contributed by atoms with Crippen LogP contribution in [-0.4, -0.2) is 33.2 Å². The first-order valence-electron chi connectivity index (χ1n) is 6.05. The van der Waals surface area contributed by atoms with Gasteiger partial charge in [0.2, 0.25) is 10.0 Å². The molecule has 5 nitrogen and oxygen atoms in total. The van der Waals surface area contributed by atoms with Gasteiger partial charge in [0.1, 0.15) is 10.7 Å². The second-order valence-corrected chi connectivity index (χ2v) is 6.40. The third-order valence-corrected chi connectivity index (χ3v) is 4.26. The van der Waals surface area contributed by atoms with Gasteiger partial charge in [0.05, 0.1) is 5.02 Å². The number of halogens is 4. The summed E-state index contributed by atoms with van der Waals surface area (Å²) >= 11 is 5.83. The van der Waals surface area contributed by atoms with Crippen LogP contribution in [0.5, 0.6) is 0 Å². The van der Waals surface area contributed by atoms with Gasteiger partial charge in [-0.15, -0.1) is 0 Å². The van der Waals surface area contributed by atoms with Gasteiger partial charge in [-0.1, -0.05) is 11.6 Å². The second kappa shape index (κ2) is 7.28. The van der Waals surface area contributed by atoms with Crippen LogP contribution in [0, 0.1) is 0 Å². The molecule has 0 atom stereocenters. The summed E-state index contributed by atoms with van der Waals surface area (Å²) in [5.74, 6) is 0.334. The summed E-state index contributed by atoms with van der Waals surface area (Å²) in [6.45, 7) is -0.0796. The van der Waals surface area contributed by atoms with Gasteiger partial charge in [0, 0.05) is 26.2 Å². The van der Waals surface area contributed by atoms with E-state index in [0.717, 1.165) is 6.20 Å². The molecule has 10 heteroatoms. The molecule has 1 aromatic heterocycles. The molecule has 1 rings (SSSR count). The van der Waals surface area contributed by atoms with E-state index in [4.69, 9.17) is 11.6 Å². The van der Waals surface area contributed by atoms with Gasteiger partial charge in [0.25, 0.3) is 0 Å². The highest BCUT2D eigenvalue weighted by Crippen LogP contribution is 2.23. The largest absolute Gasteiger partial charge is 0.389 e. The molecular formula is C11H15ClF3N3O2S. The average Bonchev–Trinajstić information content (AvgIpc) is 2.36. The first-order chi connectivity index (χ1) is 9.65. The molecule has 120 valence electrons. The molecular weight excluding hydrogens is 331 g/mol. The fourth-order valence-corrected chi connectivity index (χ4v) is 2.86. The molecule has 0 unspecified atom stereocenters. The van der Waals surface area contributed by atoms with Crippen molar-refractivity contribution in [2.24, 2.45) is 0 Å². The van der Waals surface area contributed by atoms with E-state index in [9.17, 15) is 21.6 Å². The minimum absolute atomic E-state index is 0.0796. The third kappa shape index (κ3) is 6.06. The lowest BCUT2D eigenvalue weighted by Crippen LogP contribution is -2.25. The Balaban J connectivity index is 2.56. The Hall–Kier alpha value is -1.06. The quantitative estimate of drug-likeness (QED) is 0.745. The Kier molecular flexibility index (Phi) is 6.24. The molecule has 0 spiro atoms. The topological polar surface area (TPSA) is 71.1 Å². The lowest BCUT2D eigenvalue weighted by molar-refractivity contribution is -0.135. The lowest BCUT2D eigenvalue weighted by atomic mass is 10.2. The number of sulfonamides is 1. The number of anilines is 1. The number of pyridine rings is 1. The minimum Gasteiger partial charge on any atom is -0.372 e. The van der Waals surface area contributed by atoms with Crippen molar-refractivity contribution in [2.75, 3.05) is 18.9 Å². The highest BCUT2D eigenvalue weighted by molar-refractivity contribution is 7.89. The first kappa shape index (κ1) is 18.0. The molecule has 0 bridgehead atoms. The van der Waals surface area contributed by atoms with Crippen molar-refractivity contribution < 1.29 is 21.6 Å². The van der Waals surface area contributed by atoms with Crippen LogP contribution in [0.25, 0.3) is 0 Å². The Morgan fingerprint density at radius 1 is 1.33 bits per heavy atom. The van der Waals surface area contributed by atoms with Crippen molar-refractivity contribution in [2.45, 2.75) is 30.3 Å². The van der Waals surface area contributed by atoms with E-state index in [0.29, 0.717) is 5.82 Å². The molecule has 0 aliphatic heterocycles. The summed E-state index contributed by atoms with van der Waals surface area (Å²) in [4.78, 5) is 3.69. The van der Waals surface area contributed by atoms with E-state index in [2.05, 4.69) is 15.0 Å². The van der Waals surface area contributed by atoms with Crippen molar-refractivity contribution in [1.82, 2.24) is 9.71 Å². The highest BCUT2D eigenvalue weighted by Gasteiger charge is 2.26. The van der Waals surface area contributed by atoms with Crippen LogP contribution >= 0.6 is 11.6 Å². The Morgan fingerprint density at radius 2 is 2.00 bits per heavy atom. The fraction of sp³-hybridized carbons (Fsp3) is 0.545. The van der Waals surface area contributed by atoms with Gasteiger partial charge < -0.3 is 5.32 Å². The maximum Gasteiger partial charge on any atom is 0.389 e. The van der Waals surface area contributed by atoms with Gasteiger partial charge in [-0.3, -0.25) is 0 Å². The number of nitrogens with zero attached hydrogens (tertiary/aromatic N) is 1. The third-order valence-electron chi connectivity index (χ3n) is 2.54. The molecule has 2 N–H and O–H groups in total. The maximum atomic E-state index is 11.9. The predicted molar refractivity (Wildman–Crippen MR) is 73.9 cm³/mol. The molecule has 0 aliphatic carbocycles. The SMILES string of the molecule is CNc1ncc(S(=O)(=O)NCCCCC(F)(F)F)cc1Cl. The van der Waals surface area contributed by atoms with E-state index >= 15 is 0 Å². The molecule has 0 saturated carbocycles. The molecule has 0 saturated heterocycles. The molecule has 0 amide bonds. The summed E-state index contributed by atoms with van der Waals surface area (Å²) in [5.41, 5.74) is 0. The number of alkyl halides is 3. The zero-order valence-electron chi connectivity index (χ0n) is 11.2. The molecule has 21 heavy (non-hydrogen) atoms. The van der Waals surface area contributed by atoms with Crippen LogP contribution in [0.1, 0.15) is 19.3 Å². The van der Waals surface area contributed by atoms with Gasteiger partial charge >= 0.3 is 6.18 Å². The summed E-state index contributed by atoms with van der Waals surface area (Å²) in [6, 6.07) is 1.22. The van der Waals surface area contributed by atoms with Gasteiger partial charge in [-0.2, -0.15) is 13.2 Å². The molecule has 0 fully saturated rings. The molecule has 0 aliphatic rings. The highest BCUT2D eigenvalue weighted by atomic mass is 35.5. The maximum absolute atomic E-state index is 11.9. The normalized spacial score (nSPS) is 12.4. The van der Waals surface area contributed by atoms with Crippen LogP contribution in [-0.2, 0) is 10.0 Å². The molecule has 0 aromatic carbocycles. The average molecular weight is 346 g/mol. The number of hydrogen-bond donors (Lipinski definition) is 2. The van der Waals surface area contributed by atoms with E-state index in [1.165, 1.54) is 6.07 Å². The Morgan fingerprint density at radius 3 is 2.52 bits per heavy atom. The van der Waals surface area contributed by atoms with Crippen LogP contribution in [0.2, 0.25) is 5.02 Å². The van der Waals surface area contributed by atoms with Crippen molar-refractivity contribution in [3.63, 3.8) is 0 Å². The predicted octanol–water partition coefficient (Wildman–Crippen LogP) is 2.79. The van der Waals surface area contributed by atoms with E-state index in [1.54, 1.807) is 7.05 Å². The number of hydrogen-bond acceptors (Lipinski definition) is 4. The van der Waals surface area contributed by atoms with E-state index < -0.39 is 22.6 Å². The zero-order chi connectivity index (χ0) is 16.1. The van der Waals surface area contributed by atoms with E-state index in [1.807, 2.05) is 0 Å². The number of unbranched alkanes of at least 4 members (excludes halogenated alkanes) is 1. The van der Waals surface area contributed by atoms with E-state index in [-0.39, 0.29) is 29.3 Å². The number of nitrogens with one attached hydrogen (secondary N) is 2. The summed E-state index contributed by atoms with van der Waals surface area (Å²) in [6.07, 6.45) is -4.08. The second-order valence-electron chi connectivity index (χ2n) is 4.22. The number of aromatic nitrogens is 1. The monoisotopic (exact) mass is 345 g/mol.